The minimum absolute atomic E-state index is 0.0367. The molecule has 1 saturated carbocycles. The van der Waals surface area contributed by atoms with Gasteiger partial charge >= 0.3 is 0 Å². The minimum Gasteiger partial charge on any atom is -0.491 e. The number of hydrogen-bond donors (Lipinski definition) is 1. The van der Waals surface area contributed by atoms with Gasteiger partial charge in [0.25, 0.3) is 11.8 Å². The summed E-state index contributed by atoms with van der Waals surface area (Å²) < 4.78 is 40.7. The van der Waals surface area contributed by atoms with Crippen molar-refractivity contribution in [2.24, 2.45) is 5.41 Å². The normalized spacial score (nSPS) is 28.1. The number of nitrogens with zero attached hydrogens (tertiary/aromatic N) is 2. The lowest BCUT2D eigenvalue weighted by molar-refractivity contribution is -0.0737. The van der Waals surface area contributed by atoms with Gasteiger partial charge in [-0.15, -0.1) is 0 Å². The molecule has 2 unspecified atom stereocenters. The molecule has 3 fully saturated rings. The third-order valence-corrected chi connectivity index (χ3v) is 7.86. The molecule has 2 amide bonds. The predicted octanol–water partition coefficient (Wildman–Crippen LogP) is 2.53. The van der Waals surface area contributed by atoms with Gasteiger partial charge in [-0.05, 0) is 37.2 Å². The highest BCUT2D eigenvalue weighted by molar-refractivity contribution is 6.00. The van der Waals surface area contributed by atoms with E-state index >= 15 is 0 Å². The molecule has 2 atom stereocenters. The lowest BCUT2D eigenvalue weighted by Gasteiger charge is -2.49. The third kappa shape index (κ3) is 3.15. The second-order valence-electron chi connectivity index (χ2n) is 10.2. The van der Waals surface area contributed by atoms with Crippen LogP contribution in [0.2, 0.25) is 0 Å². The number of halogens is 2. The summed E-state index contributed by atoms with van der Waals surface area (Å²) in [6.07, 6.45) is 2.24. The Morgan fingerprint density at radius 2 is 2.06 bits per heavy atom. The molecule has 5 heterocycles. The van der Waals surface area contributed by atoms with Crippen molar-refractivity contribution in [1.82, 2.24) is 14.8 Å². The number of carbonyl (C=O) groups is 2. The first-order valence-electron chi connectivity index (χ1n) is 11.7. The Morgan fingerprint density at radius 3 is 2.77 bits per heavy atom. The molecule has 7 rings (SSSR count). The van der Waals surface area contributed by atoms with E-state index in [1.54, 1.807) is 9.47 Å². The Hall–Kier alpha value is -3.27. The molecule has 1 N–H and O–H groups in total. The van der Waals surface area contributed by atoms with Crippen LogP contribution in [0.25, 0.3) is 0 Å². The number of methoxy groups -OCH3 is 1. The van der Waals surface area contributed by atoms with E-state index < -0.39 is 29.2 Å². The molecular formula is C25H25F2N3O5. The van der Waals surface area contributed by atoms with Gasteiger partial charge in [-0.1, -0.05) is 13.0 Å². The van der Waals surface area contributed by atoms with Crippen molar-refractivity contribution in [2.75, 3.05) is 13.7 Å². The smallest absolute Gasteiger partial charge is 0.276 e. The van der Waals surface area contributed by atoms with Crippen LogP contribution >= 0.6 is 0 Å². The van der Waals surface area contributed by atoms with Gasteiger partial charge in [0.15, 0.2) is 17.7 Å². The van der Waals surface area contributed by atoms with E-state index in [-0.39, 0.29) is 52.5 Å². The van der Waals surface area contributed by atoms with Crippen molar-refractivity contribution in [3.8, 4) is 5.75 Å². The van der Waals surface area contributed by atoms with Crippen LogP contribution in [-0.4, -0.2) is 47.3 Å². The Labute approximate surface area is 199 Å². The molecule has 5 aliphatic rings. The molecule has 0 spiro atoms. The lowest BCUT2D eigenvalue weighted by Crippen LogP contribution is -2.58. The molecule has 2 saturated heterocycles. The second kappa shape index (κ2) is 7.61. The Balaban J connectivity index is 1.40. The standard InChI is InChI=1S/C25H25F2N3O5/c1-25-8-14(9-25)29-23(33)19-21(34-2)20(31)18(16-5-6-17(30(16)19)24(29)35-11-25)22(32)28-10-12-3-4-13(26)7-15(12)27/h3-4,7,14,17,24H,5-6,8-11H2,1-2H3,(H,28,32). The van der Waals surface area contributed by atoms with Crippen LogP contribution in [0.3, 0.4) is 0 Å². The van der Waals surface area contributed by atoms with Crippen molar-refractivity contribution in [1.29, 1.82) is 0 Å². The van der Waals surface area contributed by atoms with E-state index in [9.17, 15) is 23.2 Å². The Morgan fingerprint density at radius 1 is 1.29 bits per heavy atom. The van der Waals surface area contributed by atoms with E-state index in [4.69, 9.17) is 9.47 Å². The average Bonchev–Trinajstić information content (AvgIpc) is 3.08. The summed E-state index contributed by atoms with van der Waals surface area (Å²) in [7, 11) is 1.30. The van der Waals surface area contributed by atoms with Crippen molar-refractivity contribution in [2.45, 2.75) is 57.5 Å². The highest BCUT2D eigenvalue weighted by Gasteiger charge is 2.56. The predicted molar refractivity (Wildman–Crippen MR) is 119 cm³/mol. The molecule has 2 aromatic rings. The number of amides is 2. The summed E-state index contributed by atoms with van der Waals surface area (Å²) in [5.74, 6) is -2.71. The van der Waals surface area contributed by atoms with Crippen molar-refractivity contribution >= 4 is 11.8 Å². The molecule has 1 aromatic heterocycles. The number of nitrogens with one attached hydrogen (secondary N) is 1. The SMILES string of the molecule is COc1c2n3c(c(C(=O)NCc4ccc(F)cc4F)c1=O)CCC3C1OCC3(C)CC(C3)N1C2=O. The van der Waals surface area contributed by atoms with Crippen molar-refractivity contribution < 1.29 is 27.8 Å². The molecule has 10 heteroatoms. The zero-order valence-electron chi connectivity index (χ0n) is 19.4. The monoisotopic (exact) mass is 485 g/mol. The van der Waals surface area contributed by atoms with Gasteiger partial charge in [0, 0.05) is 29.9 Å². The maximum Gasteiger partial charge on any atom is 0.276 e. The molecule has 1 aromatic carbocycles. The first-order valence-corrected chi connectivity index (χ1v) is 11.7. The summed E-state index contributed by atoms with van der Waals surface area (Å²) >= 11 is 0. The quantitative estimate of drug-likeness (QED) is 0.719. The fourth-order valence-electron chi connectivity index (χ4n) is 6.23. The number of aromatic nitrogens is 1. The van der Waals surface area contributed by atoms with Gasteiger partial charge in [0.1, 0.15) is 17.2 Å². The molecule has 2 bridgehead atoms. The fraction of sp³-hybridized carbons (Fsp3) is 0.480. The van der Waals surface area contributed by atoms with Crippen LogP contribution in [-0.2, 0) is 17.7 Å². The molecular weight excluding hydrogens is 460 g/mol. The van der Waals surface area contributed by atoms with Gasteiger partial charge in [0.2, 0.25) is 5.43 Å². The number of benzene rings is 1. The van der Waals surface area contributed by atoms with E-state index in [1.165, 1.54) is 13.2 Å². The molecule has 4 aliphatic heterocycles. The van der Waals surface area contributed by atoms with E-state index in [2.05, 4.69) is 12.2 Å². The zero-order valence-corrected chi connectivity index (χ0v) is 19.4. The molecule has 184 valence electrons. The first kappa shape index (κ1) is 22.2. The van der Waals surface area contributed by atoms with Crippen LogP contribution in [0.4, 0.5) is 8.78 Å². The molecule has 1 aliphatic carbocycles. The van der Waals surface area contributed by atoms with Crippen LogP contribution in [0.15, 0.2) is 23.0 Å². The zero-order chi connectivity index (χ0) is 24.6. The maximum atomic E-state index is 14.0. The third-order valence-electron chi connectivity index (χ3n) is 7.86. The summed E-state index contributed by atoms with van der Waals surface area (Å²) in [6, 6.07) is 2.88. The van der Waals surface area contributed by atoms with Gasteiger partial charge in [-0.3, -0.25) is 14.4 Å². The maximum absolute atomic E-state index is 14.0. The topological polar surface area (TPSA) is 89.9 Å². The van der Waals surface area contributed by atoms with Gasteiger partial charge < -0.3 is 24.3 Å². The Bertz CT molecular complexity index is 1330. The van der Waals surface area contributed by atoms with E-state index in [1.807, 2.05) is 0 Å². The number of hydrogen-bond acceptors (Lipinski definition) is 5. The van der Waals surface area contributed by atoms with Gasteiger partial charge in [-0.25, -0.2) is 8.78 Å². The Kier molecular flexibility index (Phi) is 4.83. The summed E-state index contributed by atoms with van der Waals surface area (Å²) in [5, 5.41) is 2.57. The van der Waals surface area contributed by atoms with Crippen molar-refractivity contribution in [3.63, 3.8) is 0 Å². The van der Waals surface area contributed by atoms with Crippen LogP contribution in [0.5, 0.6) is 5.75 Å². The fourth-order valence-corrected chi connectivity index (χ4v) is 6.23. The van der Waals surface area contributed by atoms with E-state index in [0.717, 1.165) is 25.0 Å². The minimum atomic E-state index is -0.794. The largest absolute Gasteiger partial charge is 0.491 e. The number of carbonyl (C=O) groups excluding carboxylic acids is 2. The highest BCUT2D eigenvalue weighted by atomic mass is 19.1. The number of pyridine rings is 1. The molecule has 0 radical (unpaired) electrons. The number of rotatable bonds is 4. The summed E-state index contributed by atoms with van der Waals surface area (Å²) in [5.41, 5.74) is -0.0631. The number of fused-ring (bicyclic) bond motifs is 1. The van der Waals surface area contributed by atoms with Gasteiger partial charge in [-0.2, -0.15) is 0 Å². The second-order valence-corrected chi connectivity index (χ2v) is 10.2. The number of ether oxygens (including phenoxy) is 2. The molecule has 35 heavy (non-hydrogen) atoms. The lowest BCUT2D eigenvalue weighted by atomic mass is 9.67. The van der Waals surface area contributed by atoms with Crippen molar-refractivity contribution in [3.05, 3.63) is 62.6 Å². The first-order chi connectivity index (χ1) is 16.7. The molecule has 8 nitrogen and oxygen atoms in total. The van der Waals surface area contributed by atoms with Gasteiger partial charge in [0.05, 0.1) is 19.8 Å². The average molecular weight is 485 g/mol. The van der Waals surface area contributed by atoms with Crippen LogP contribution < -0.4 is 15.5 Å². The summed E-state index contributed by atoms with van der Waals surface area (Å²) in [6.45, 7) is 2.47. The van der Waals surface area contributed by atoms with Crippen LogP contribution in [0, 0.1) is 17.0 Å². The highest BCUT2D eigenvalue weighted by Crippen LogP contribution is 2.52. The summed E-state index contributed by atoms with van der Waals surface area (Å²) in [4.78, 5) is 42.1. The van der Waals surface area contributed by atoms with E-state index in [0.29, 0.717) is 25.1 Å². The van der Waals surface area contributed by atoms with Crippen LogP contribution in [0.1, 0.15) is 64.3 Å².